The second-order valence-electron chi connectivity index (χ2n) is 5.11. The van der Waals surface area contributed by atoms with Gasteiger partial charge in [0, 0.05) is 29.2 Å². The van der Waals surface area contributed by atoms with E-state index in [1.807, 2.05) is 32.0 Å². The van der Waals surface area contributed by atoms with E-state index in [9.17, 15) is 4.79 Å². The Labute approximate surface area is 132 Å². The lowest BCUT2D eigenvalue weighted by atomic mass is 10.1. The number of anilines is 1. The van der Waals surface area contributed by atoms with Crippen LogP contribution in [-0.4, -0.2) is 24.9 Å². The van der Waals surface area contributed by atoms with Gasteiger partial charge in [-0.2, -0.15) is 0 Å². The summed E-state index contributed by atoms with van der Waals surface area (Å²) in [6.07, 6.45) is 3.06. The number of hydrogen-bond acceptors (Lipinski definition) is 6. The molecule has 2 N–H and O–H groups in total. The molecule has 0 aliphatic heterocycles. The van der Waals surface area contributed by atoms with E-state index in [4.69, 9.17) is 0 Å². The molecule has 0 atom stereocenters. The molecule has 3 heterocycles. The van der Waals surface area contributed by atoms with Crippen LogP contribution >= 0.6 is 0 Å². The van der Waals surface area contributed by atoms with Crippen LogP contribution in [0.5, 0.6) is 0 Å². The van der Waals surface area contributed by atoms with Crippen molar-refractivity contribution in [3.63, 3.8) is 0 Å². The van der Waals surface area contributed by atoms with Crippen molar-refractivity contribution in [3.05, 3.63) is 64.2 Å². The number of rotatable bonds is 4. The van der Waals surface area contributed by atoms with Crippen molar-refractivity contribution in [3.8, 4) is 11.3 Å². The first kappa shape index (κ1) is 14.8. The minimum atomic E-state index is -0.187. The molecule has 0 aliphatic carbocycles. The van der Waals surface area contributed by atoms with E-state index < -0.39 is 0 Å². The van der Waals surface area contributed by atoms with Crippen LogP contribution in [0.4, 0.5) is 5.95 Å². The fourth-order valence-corrected chi connectivity index (χ4v) is 2.23. The van der Waals surface area contributed by atoms with Gasteiger partial charge in [0.05, 0.1) is 24.3 Å². The molecule has 0 radical (unpaired) electrons. The molecule has 0 spiro atoms. The fourth-order valence-electron chi connectivity index (χ4n) is 2.23. The van der Waals surface area contributed by atoms with Crippen LogP contribution in [0.25, 0.3) is 11.3 Å². The Hall–Kier alpha value is -3.09. The monoisotopic (exact) mass is 308 g/mol. The summed E-state index contributed by atoms with van der Waals surface area (Å²) in [5, 5.41) is 3.07. The molecular formula is C16H16N6O. The van der Waals surface area contributed by atoms with Gasteiger partial charge in [-0.15, -0.1) is 0 Å². The third kappa shape index (κ3) is 3.57. The minimum absolute atomic E-state index is 0.187. The fraction of sp³-hybridized carbons (Fsp3) is 0.188. The van der Waals surface area contributed by atoms with Crippen LogP contribution in [0.3, 0.4) is 0 Å². The van der Waals surface area contributed by atoms with Crippen LogP contribution in [0.2, 0.25) is 0 Å². The summed E-state index contributed by atoms with van der Waals surface area (Å²) in [7, 11) is 0. The van der Waals surface area contributed by atoms with Crippen molar-refractivity contribution in [1.82, 2.24) is 24.9 Å². The Morgan fingerprint density at radius 3 is 2.78 bits per heavy atom. The summed E-state index contributed by atoms with van der Waals surface area (Å²) >= 11 is 0. The standard InChI is InChI=1S/C16H16N6O/c1-10-3-4-13(11(2)21-10)14-5-6-17-16(22-14)18-8-12-7-15(23)20-9-19-12/h3-7,9H,8H2,1-2H3,(H,17,18,22)(H,19,20,23). The molecule has 3 rings (SSSR count). The van der Waals surface area contributed by atoms with Gasteiger partial charge in [0.25, 0.3) is 5.56 Å². The smallest absolute Gasteiger partial charge is 0.250 e. The van der Waals surface area contributed by atoms with Crippen molar-refractivity contribution in [2.75, 3.05) is 5.32 Å². The highest BCUT2D eigenvalue weighted by Gasteiger charge is 2.07. The molecule has 0 aliphatic rings. The van der Waals surface area contributed by atoms with Gasteiger partial charge < -0.3 is 10.3 Å². The maximum absolute atomic E-state index is 11.2. The van der Waals surface area contributed by atoms with E-state index in [-0.39, 0.29) is 5.56 Å². The Morgan fingerprint density at radius 1 is 1.13 bits per heavy atom. The predicted octanol–water partition coefficient (Wildman–Crippen LogP) is 1.85. The van der Waals surface area contributed by atoms with Gasteiger partial charge in [-0.05, 0) is 32.0 Å². The number of aromatic nitrogens is 5. The Kier molecular flexibility index (Phi) is 4.09. The average molecular weight is 308 g/mol. The molecule has 0 fully saturated rings. The first-order chi connectivity index (χ1) is 11.1. The number of nitrogens with one attached hydrogen (secondary N) is 2. The largest absolute Gasteiger partial charge is 0.349 e. The van der Waals surface area contributed by atoms with E-state index in [0.717, 1.165) is 22.6 Å². The molecule has 0 aromatic carbocycles. The number of hydrogen-bond donors (Lipinski definition) is 2. The molecule has 0 amide bonds. The van der Waals surface area contributed by atoms with Crippen LogP contribution < -0.4 is 10.9 Å². The van der Waals surface area contributed by atoms with Crippen molar-refractivity contribution in [1.29, 1.82) is 0 Å². The Bertz CT molecular complexity index is 889. The molecule has 0 saturated carbocycles. The van der Waals surface area contributed by atoms with E-state index in [2.05, 4.69) is 30.2 Å². The molecule has 3 aromatic rings. The lowest BCUT2D eigenvalue weighted by Crippen LogP contribution is -2.11. The zero-order valence-corrected chi connectivity index (χ0v) is 12.9. The summed E-state index contributed by atoms with van der Waals surface area (Å²) in [5.74, 6) is 0.476. The molecular weight excluding hydrogens is 292 g/mol. The number of nitrogens with zero attached hydrogens (tertiary/aromatic N) is 4. The maximum Gasteiger partial charge on any atom is 0.250 e. The molecule has 23 heavy (non-hydrogen) atoms. The van der Waals surface area contributed by atoms with Crippen molar-refractivity contribution in [2.45, 2.75) is 20.4 Å². The normalized spacial score (nSPS) is 10.5. The second-order valence-corrected chi connectivity index (χ2v) is 5.11. The number of aromatic amines is 1. The first-order valence-electron chi connectivity index (χ1n) is 7.17. The minimum Gasteiger partial charge on any atom is -0.349 e. The Morgan fingerprint density at radius 2 is 2.00 bits per heavy atom. The topological polar surface area (TPSA) is 96.5 Å². The average Bonchev–Trinajstić information content (AvgIpc) is 2.53. The summed E-state index contributed by atoms with van der Waals surface area (Å²) in [6.45, 7) is 4.29. The highest BCUT2D eigenvalue weighted by molar-refractivity contribution is 5.62. The van der Waals surface area contributed by atoms with Gasteiger partial charge in [-0.25, -0.2) is 15.0 Å². The van der Waals surface area contributed by atoms with E-state index in [1.165, 1.54) is 12.4 Å². The summed E-state index contributed by atoms with van der Waals surface area (Å²) in [5.41, 5.74) is 4.09. The van der Waals surface area contributed by atoms with E-state index >= 15 is 0 Å². The zero-order valence-electron chi connectivity index (χ0n) is 12.9. The number of aryl methyl sites for hydroxylation is 2. The van der Waals surface area contributed by atoms with Crippen molar-refractivity contribution < 1.29 is 0 Å². The summed E-state index contributed by atoms with van der Waals surface area (Å²) in [4.78, 5) is 30.9. The third-order valence-electron chi connectivity index (χ3n) is 3.32. The number of H-pyrrole nitrogens is 1. The van der Waals surface area contributed by atoms with Crippen LogP contribution in [0, 0.1) is 13.8 Å². The van der Waals surface area contributed by atoms with Crippen LogP contribution in [-0.2, 0) is 6.54 Å². The van der Waals surface area contributed by atoms with Gasteiger partial charge in [0.2, 0.25) is 5.95 Å². The molecule has 7 heteroatoms. The Balaban J connectivity index is 1.81. The lowest BCUT2D eigenvalue weighted by molar-refractivity contribution is 0.964. The summed E-state index contributed by atoms with van der Waals surface area (Å²) in [6, 6.07) is 7.24. The summed E-state index contributed by atoms with van der Waals surface area (Å²) < 4.78 is 0. The number of pyridine rings is 1. The van der Waals surface area contributed by atoms with Gasteiger partial charge in [0.15, 0.2) is 0 Å². The highest BCUT2D eigenvalue weighted by Crippen LogP contribution is 2.20. The SMILES string of the molecule is Cc1ccc(-c2ccnc(NCc3cc(=O)[nH]cn3)n2)c(C)n1. The molecule has 0 saturated heterocycles. The highest BCUT2D eigenvalue weighted by atomic mass is 16.1. The van der Waals surface area contributed by atoms with Crippen molar-refractivity contribution >= 4 is 5.95 Å². The van der Waals surface area contributed by atoms with Gasteiger partial charge in [0.1, 0.15) is 0 Å². The van der Waals surface area contributed by atoms with Crippen LogP contribution in [0.15, 0.2) is 41.6 Å². The lowest BCUT2D eigenvalue weighted by Gasteiger charge is -2.08. The van der Waals surface area contributed by atoms with Gasteiger partial charge in [-0.3, -0.25) is 9.78 Å². The molecule has 0 unspecified atom stereocenters. The molecule has 3 aromatic heterocycles. The molecule has 0 bridgehead atoms. The second kappa shape index (κ2) is 6.35. The van der Waals surface area contributed by atoms with Gasteiger partial charge >= 0.3 is 0 Å². The van der Waals surface area contributed by atoms with Gasteiger partial charge in [-0.1, -0.05) is 0 Å². The third-order valence-corrected chi connectivity index (χ3v) is 3.32. The van der Waals surface area contributed by atoms with E-state index in [0.29, 0.717) is 18.2 Å². The van der Waals surface area contributed by atoms with Crippen molar-refractivity contribution in [2.24, 2.45) is 0 Å². The van der Waals surface area contributed by atoms with Crippen LogP contribution in [0.1, 0.15) is 17.1 Å². The quantitative estimate of drug-likeness (QED) is 0.763. The maximum atomic E-state index is 11.2. The zero-order chi connectivity index (χ0) is 16.2. The molecule has 7 nitrogen and oxygen atoms in total. The predicted molar refractivity (Wildman–Crippen MR) is 86.9 cm³/mol. The van der Waals surface area contributed by atoms with E-state index in [1.54, 1.807) is 6.20 Å². The molecule has 116 valence electrons. The first-order valence-corrected chi connectivity index (χ1v) is 7.17.